The third-order valence-electron chi connectivity index (χ3n) is 3.94. The minimum atomic E-state index is 0.134. The van der Waals surface area contributed by atoms with Crippen molar-refractivity contribution < 1.29 is 9.53 Å². The minimum Gasteiger partial charge on any atom is -0.379 e. The molecule has 5 nitrogen and oxygen atoms in total. The molecule has 21 heavy (non-hydrogen) atoms. The zero-order valence-electron chi connectivity index (χ0n) is 12.4. The van der Waals surface area contributed by atoms with Crippen molar-refractivity contribution in [3.8, 4) is 0 Å². The van der Waals surface area contributed by atoms with Crippen LogP contribution < -0.4 is 4.90 Å². The third-order valence-corrected chi connectivity index (χ3v) is 3.94. The van der Waals surface area contributed by atoms with E-state index < -0.39 is 0 Å². The number of para-hydroxylation sites is 2. The Bertz CT molecular complexity index is 550. The monoisotopic (exact) mass is 287 g/mol. The van der Waals surface area contributed by atoms with Crippen LogP contribution in [-0.4, -0.2) is 55.9 Å². The number of rotatable bonds is 3. The molecule has 1 fully saturated rings. The topological polar surface area (TPSA) is 45.1 Å². The maximum atomic E-state index is 12.5. The van der Waals surface area contributed by atoms with Gasteiger partial charge in [-0.3, -0.25) is 14.7 Å². The smallest absolute Gasteiger partial charge is 0.232 e. The summed E-state index contributed by atoms with van der Waals surface area (Å²) in [6, 6.07) is 7.88. The van der Waals surface area contributed by atoms with E-state index in [1.807, 2.05) is 36.1 Å². The fraction of sp³-hybridized carbons (Fsp3) is 0.500. The molecule has 1 aromatic rings. The first-order valence-corrected chi connectivity index (χ1v) is 7.48. The number of carbonyl (C=O) groups excluding carboxylic acids is 1. The molecule has 1 amide bonds. The number of amides is 1. The first kappa shape index (κ1) is 14.2. The quantitative estimate of drug-likeness (QED) is 0.852. The molecule has 0 aromatic heterocycles. The lowest BCUT2D eigenvalue weighted by Gasteiger charge is -2.30. The van der Waals surface area contributed by atoms with Gasteiger partial charge >= 0.3 is 0 Å². The third kappa shape index (κ3) is 3.31. The average molecular weight is 287 g/mol. The van der Waals surface area contributed by atoms with Gasteiger partial charge in [0.15, 0.2) is 0 Å². The molecular formula is C16H21N3O2. The van der Waals surface area contributed by atoms with Crippen molar-refractivity contribution in [1.29, 1.82) is 0 Å². The average Bonchev–Trinajstić information content (AvgIpc) is 2.61. The van der Waals surface area contributed by atoms with Gasteiger partial charge in [-0.25, -0.2) is 0 Å². The van der Waals surface area contributed by atoms with Crippen LogP contribution in [0.4, 0.5) is 11.4 Å². The molecule has 2 aliphatic rings. The van der Waals surface area contributed by atoms with Crippen molar-refractivity contribution in [3.63, 3.8) is 0 Å². The fourth-order valence-electron chi connectivity index (χ4n) is 2.79. The fourth-order valence-corrected chi connectivity index (χ4v) is 2.79. The summed E-state index contributed by atoms with van der Waals surface area (Å²) < 4.78 is 5.36. The van der Waals surface area contributed by atoms with Crippen LogP contribution in [0.3, 0.4) is 0 Å². The van der Waals surface area contributed by atoms with E-state index in [0.717, 1.165) is 49.9 Å². The van der Waals surface area contributed by atoms with Gasteiger partial charge in [0.1, 0.15) is 0 Å². The molecule has 3 rings (SSSR count). The summed E-state index contributed by atoms with van der Waals surface area (Å²) >= 11 is 0. The number of hydrogen-bond donors (Lipinski definition) is 0. The Hall–Kier alpha value is -1.72. The molecule has 1 aromatic carbocycles. The van der Waals surface area contributed by atoms with Gasteiger partial charge in [0.05, 0.1) is 31.0 Å². The Labute approximate surface area is 125 Å². The van der Waals surface area contributed by atoms with Crippen LogP contribution in [0.1, 0.15) is 13.3 Å². The van der Waals surface area contributed by atoms with Crippen LogP contribution in [0.15, 0.2) is 29.3 Å². The van der Waals surface area contributed by atoms with E-state index in [9.17, 15) is 4.79 Å². The van der Waals surface area contributed by atoms with E-state index in [-0.39, 0.29) is 5.91 Å². The zero-order chi connectivity index (χ0) is 14.7. The predicted molar refractivity (Wildman–Crippen MR) is 83.4 cm³/mol. The molecule has 0 bridgehead atoms. The molecule has 0 aliphatic carbocycles. The van der Waals surface area contributed by atoms with Crippen LogP contribution in [0.5, 0.6) is 0 Å². The standard InChI is InChI=1S/C16H21N3O2/c1-13-12-16(20)19(7-6-18-8-10-21-11-9-18)15-5-3-2-4-14(15)17-13/h2-5H,6-12H2,1H3. The van der Waals surface area contributed by atoms with E-state index >= 15 is 0 Å². The molecule has 112 valence electrons. The molecule has 0 saturated carbocycles. The summed E-state index contributed by atoms with van der Waals surface area (Å²) in [5.74, 6) is 0.134. The second-order valence-electron chi connectivity index (χ2n) is 5.51. The number of carbonyl (C=O) groups is 1. The summed E-state index contributed by atoms with van der Waals surface area (Å²) in [7, 11) is 0. The highest BCUT2D eigenvalue weighted by Gasteiger charge is 2.23. The summed E-state index contributed by atoms with van der Waals surface area (Å²) in [4.78, 5) is 21.2. The number of fused-ring (bicyclic) bond motifs is 1. The van der Waals surface area contributed by atoms with Gasteiger partial charge < -0.3 is 9.64 Å². The van der Waals surface area contributed by atoms with Gasteiger partial charge in [-0.1, -0.05) is 12.1 Å². The Morgan fingerprint density at radius 2 is 1.95 bits per heavy atom. The number of ether oxygens (including phenoxy) is 1. The number of benzene rings is 1. The van der Waals surface area contributed by atoms with Crippen molar-refractivity contribution in [2.75, 3.05) is 44.3 Å². The maximum absolute atomic E-state index is 12.5. The first-order valence-electron chi connectivity index (χ1n) is 7.48. The van der Waals surface area contributed by atoms with Gasteiger partial charge in [0.2, 0.25) is 5.91 Å². The van der Waals surface area contributed by atoms with Gasteiger partial charge in [0, 0.05) is 31.9 Å². The predicted octanol–water partition coefficient (Wildman–Crippen LogP) is 1.85. The van der Waals surface area contributed by atoms with Crippen LogP contribution in [0.25, 0.3) is 0 Å². The molecule has 2 aliphatic heterocycles. The van der Waals surface area contributed by atoms with Crippen molar-refractivity contribution in [3.05, 3.63) is 24.3 Å². The highest BCUT2D eigenvalue weighted by molar-refractivity contribution is 6.10. The van der Waals surface area contributed by atoms with Crippen molar-refractivity contribution in [2.45, 2.75) is 13.3 Å². The van der Waals surface area contributed by atoms with Gasteiger partial charge in [-0.15, -0.1) is 0 Å². The van der Waals surface area contributed by atoms with E-state index in [2.05, 4.69) is 9.89 Å². The first-order chi connectivity index (χ1) is 10.2. The summed E-state index contributed by atoms with van der Waals surface area (Å²) in [5.41, 5.74) is 2.69. The van der Waals surface area contributed by atoms with Crippen LogP contribution >= 0.6 is 0 Å². The number of anilines is 1. The van der Waals surface area contributed by atoms with Crippen molar-refractivity contribution in [2.24, 2.45) is 4.99 Å². The van der Waals surface area contributed by atoms with Gasteiger partial charge in [-0.2, -0.15) is 0 Å². The van der Waals surface area contributed by atoms with Gasteiger partial charge in [-0.05, 0) is 19.1 Å². The van der Waals surface area contributed by atoms with Crippen LogP contribution in [0.2, 0.25) is 0 Å². The summed E-state index contributed by atoms with van der Waals surface area (Å²) in [6.45, 7) is 6.96. The number of aliphatic imine (C=N–C) groups is 1. The largest absolute Gasteiger partial charge is 0.379 e. The molecule has 0 atom stereocenters. The van der Waals surface area contributed by atoms with Crippen LogP contribution in [0, 0.1) is 0 Å². The molecule has 0 spiro atoms. The second-order valence-corrected chi connectivity index (χ2v) is 5.51. The molecule has 0 N–H and O–H groups in total. The highest BCUT2D eigenvalue weighted by atomic mass is 16.5. The molecule has 0 unspecified atom stereocenters. The summed E-state index contributed by atoms with van der Waals surface area (Å²) in [6.07, 6.45) is 0.401. The Morgan fingerprint density at radius 1 is 1.19 bits per heavy atom. The molecule has 5 heteroatoms. The highest BCUT2D eigenvalue weighted by Crippen LogP contribution is 2.31. The van der Waals surface area contributed by atoms with Gasteiger partial charge in [0.25, 0.3) is 0 Å². The molecule has 0 radical (unpaired) electrons. The molecule has 1 saturated heterocycles. The lowest BCUT2D eigenvalue weighted by atomic mass is 10.2. The normalized spacial score (nSPS) is 20.0. The lowest BCUT2D eigenvalue weighted by molar-refractivity contribution is -0.117. The van der Waals surface area contributed by atoms with Crippen molar-refractivity contribution in [1.82, 2.24) is 4.90 Å². The Balaban J connectivity index is 1.76. The number of morpholine rings is 1. The molecule has 2 heterocycles. The molecular weight excluding hydrogens is 266 g/mol. The summed E-state index contributed by atoms with van der Waals surface area (Å²) in [5, 5.41) is 0. The minimum absolute atomic E-state index is 0.134. The van der Waals surface area contributed by atoms with Crippen molar-refractivity contribution >= 4 is 23.0 Å². The SMILES string of the molecule is CC1=Nc2ccccc2N(CCN2CCOCC2)C(=O)C1. The van der Waals surface area contributed by atoms with E-state index in [0.29, 0.717) is 13.0 Å². The van der Waals surface area contributed by atoms with E-state index in [4.69, 9.17) is 4.74 Å². The Kier molecular flexibility index (Phi) is 4.31. The second kappa shape index (κ2) is 6.37. The number of nitrogens with zero attached hydrogens (tertiary/aromatic N) is 3. The van der Waals surface area contributed by atoms with E-state index in [1.165, 1.54) is 0 Å². The van der Waals surface area contributed by atoms with E-state index in [1.54, 1.807) is 0 Å². The number of hydrogen-bond acceptors (Lipinski definition) is 4. The zero-order valence-corrected chi connectivity index (χ0v) is 12.4. The Morgan fingerprint density at radius 3 is 2.76 bits per heavy atom. The maximum Gasteiger partial charge on any atom is 0.232 e. The lowest BCUT2D eigenvalue weighted by Crippen LogP contribution is -2.43. The van der Waals surface area contributed by atoms with Crippen LogP contribution in [-0.2, 0) is 9.53 Å².